The van der Waals surface area contributed by atoms with Crippen LogP contribution in [0.5, 0.6) is 0 Å². The van der Waals surface area contributed by atoms with Crippen LogP contribution in [0.4, 0.5) is 10.5 Å². The standard InChI is InChI=1S/C17H20N4O3/c1-11(2)7-15-18-9-14(10-19-15)21-17(24)20-8-12-3-5-13(6-4-12)16(22)23/h3-6,9-11H,7-8H2,1-2H3,(H,22,23)(H2,20,21,24). The minimum atomic E-state index is -0.979. The van der Waals surface area contributed by atoms with E-state index in [-0.39, 0.29) is 18.1 Å². The summed E-state index contributed by atoms with van der Waals surface area (Å²) in [5.41, 5.74) is 1.53. The molecule has 0 atom stereocenters. The van der Waals surface area contributed by atoms with Gasteiger partial charge in [0.25, 0.3) is 0 Å². The Morgan fingerprint density at radius 3 is 2.29 bits per heavy atom. The van der Waals surface area contributed by atoms with Crippen molar-refractivity contribution in [2.75, 3.05) is 5.32 Å². The number of hydrogen-bond acceptors (Lipinski definition) is 4. The largest absolute Gasteiger partial charge is 0.478 e. The van der Waals surface area contributed by atoms with Crippen molar-refractivity contribution in [3.05, 3.63) is 53.6 Å². The molecule has 1 aromatic carbocycles. The van der Waals surface area contributed by atoms with E-state index in [0.717, 1.165) is 17.8 Å². The zero-order valence-electron chi connectivity index (χ0n) is 13.6. The number of rotatable bonds is 6. The average molecular weight is 328 g/mol. The van der Waals surface area contributed by atoms with Gasteiger partial charge in [-0.2, -0.15) is 0 Å². The van der Waals surface area contributed by atoms with Crippen LogP contribution in [0.3, 0.4) is 0 Å². The molecule has 0 radical (unpaired) electrons. The minimum absolute atomic E-state index is 0.210. The first-order valence-electron chi connectivity index (χ1n) is 7.62. The highest BCUT2D eigenvalue weighted by Gasteiger charge is 2.06. The summed E-state index contributed by atoms with van der Waals surface area (Å²) in [6, 6.07) is 5.94. The molecule has 1 aromatic heterocycles. The zero-order valence-corrected chi connectivity index (χ0v) is 13.6. The first-order chi connectivity index (χ1) is 11.4. The molecule has 0 saturated carbocycles. The van der Waals surface area contributed by atoms with Crippen LogP contribution < -0.4 is 10.6 Å². The molecule has 7 heteroatoms. The van der Waals surface area contributed by atoms with Crippen molar-refractivity contribution in [1.82, 2.24) is 15.3 Å². The van der Waals surface area contributed by atoms with Gasteiger partial charge in [-0.05, 0) is 23.6 Å². The number of aromatic carboxylic acids is 1. The third kappa shape index (κ3) is 5.35. The monoisotopic (exact) mass is 328 g/mol. The molecule has 0 aliphatic heterocycles. The summed E-state index contributed by atoms with van der Waals surface area (Å²) in [5.74, 6) is 0.238. The summed E-state index contributed by atoms with van der Waals surface area (Å²) in [6.45, 7) is 4.47. The van der Waals surface area contributed by atoms with Gasteiger partial charge >= 0.3 is 12.0 Å². The second-order valence-corrected chi connectivity index (χ2v) is 5.80. The fourth-order valence-corrected chi connectivity index (χ4v) is 2.01. The molecule has 0 unspecified atom stereocenters. The smallest absolute Gasteiger partial charge is 0.335 e. The molecule has 0 spiro atoms. The summed E-state index contributed by atoms with van der Waals surface area (Å²) >= 11 is 0. The molecular weight excluding hydrogens is 308 g/mol. The quantitative estimate of drug-likeness (QED) is 0.756. The van der Waals surface area contributed by atoms with E-state index in [0.29, 0.717) is 11.6 Å². The van der Waals surface area contributed by atoms with Gasteiger partial charge in [-0.1, -0.05) is 26.0 Å². The lowest BCUT2D eigenvalue weighted by atomic mass is 10.1. The molecule has 0 aliphatic carbocycles. The van der Waals surface area contributed by atoms with Crippen LogP contribution in [-0.2, 0) is 13.0 Å². The third-order valence-corrected chi connectivity index (χ3v) is 3.21. The van der Waals surface area contributed by atoms with Gasteiger partial charge in [0, 0.05) is 13.0 Å². The molecule has 0 bridgehead atoms. The fourth-order valence-electron chi connectivity index (χ4n) is 2.01. The summed E-state index contributed by atoms with van der Waals surface area (Å²) in [4.78, 5) is 31.0. The predicted octanol–water partition coefficient (Wildman–Crippen LogP) is 2.70. The van der Waals surface area contributed by atoms with Gasteiger partial charge in [0.05, 0.1) is 23.6 Å². The molecule has 1 heterocycles. The maximum atomic E-state index is 11.9. The second kappa shape index (κ2) is 8.05. The zero-order chi connectivity index (χ0) is 17.5. The van der Waals surface area contributed by atoms with Crippen molar-refractivity contribution in [1.29, 1.82) is 0 Å². The third-order valence-electron chi connectivity index (χ3n) is 3.21. The molecular formula is C17H20N4O3. The maximum absolute atomic E-state index is 11.9. The molecule has 0 fully saturated rings. The number of anilines is 1. The molecule has 0 saturated heterocycles. The lowest BCUT2D eigenvalue weighted by molar-refractivity contribution is 0.0697. The average Bonchev–Trinajstić information content (AvgIpc) is 2.54. The SMILES string of the molecule is CC(C)Cc1ncc(NC(=O)NCc2ccc(C(=O)O)cc2)cn1. The molecule has 2 amide bonds. The number of nitrogens with zero attached hydrogens (tertiary/aromatic N) is 2. The minimum Gasteiger partial charge on any atom is -0.478 e. The molecule has 24 heavy (non-hydrogen) atoms. The number of hydrogen-bond donors (Lipinski definition) is 3. The number of urea groups is 1. The van der Waals surface area contributed by atoms with Gasteiger partial charge in [-0.15, -0.1) is 0 Å². The maximum Gasteiger partial charge on any atom is 0.335 e. The van der Waals surface area contributed by atoms with E-state index >= 15 is 0 Å². The molecule has 2 aromatic rings. The Bertz CT molecular complexity index is 697. The summed E-state index contributed by atoms with van der Waals surface area (Å²) in [5, 5.41) is 14.2. The van der Waals surface area contributed by atoms with E-state index in [1.165, 1.54) is 12.1 Å². The van der Waals surface area contributed by atoms with Crippen molar-refractivity contribution < 1.29 is 14.7 Å². The number of amides is 2. The van der Waals surface area contributed by atoms with E-state index in [1.54, 1.807) is 24.5 Å². The summed E-state index contributed by atoms with van der Waals surface area (Å²) in [7, 11) is 0. The molecule has 0 aliphatic rings. The predicted molar refractivity (Wildman–Crippen MR) is 89.8 cm³/mol. The summed E-state index contributed by atoms with van der Waals surface area (Å²) in [6.07, 6.45) is 3.94. The van der Waals surface area contributed by atoms with Crippen molar-refractivity contribution in [2.24, 2.45) is 5.92 Å². The Hall–Kier alpha value is -2.96. The van der Waals surface area contributed by atoms with Gasteiger partial charge in [0.1, 0.15) is 5.82 Å². The molecule has 2 rings (SSSR count). The molecule has 126 valence electrons. The number of nitrogens with one attached hydrogen (secondary N) is 2. The lowest BCUT2D eigenvalue weighted by Crippen LogP contribution is -2.28. The van der Waals surface area contributed by atoms with Crippen LogP contribution in [0.1, 0.15) is 35.6 Å². The first-order valence-corrected chi connectivity index (χ1v) is 7.62. The van der Waals surface area contributed by atoms with E-state index in [9.17, 15) is 9.59 Å². The van der Waals surface area contributed by atoms with Gasteiger partial charge in [-0.25, -0.2) is 19.6 Å². The van der Waals surface area contributed by atoms with Crippen molar-refractivity contribution in [3.63, 3.8) is 0 Å². The topological polar surface area (TPSA) is 104 Å². The van der Waals surface area contributed by atoms with Gasteiger partial charge < -0.3 is 15.7 Å². The Kier molecular flexibility index (Phi) is 5.83. The Labute approximate surface area is 140 Å². The van der Waals surface area contributed by atoms with Crippen LogP contribution in [0, 0.1) is 5.92 Å². The Morgan fingerprint density at radius 2 is 1.75 bits per heavy atom. The van der Waals surface area contributed by atoms with Crippen LogP contribution >= 0.6 is 0 Å². The number of carbonyl (C=O) groups is 2. The fraction of sp³-hybridized carbons (Fsp3) is 0.294. The molecule has 7 nitrogen and oxygen atoms in total. The Balaban J connectivity index is 1.83. The van der Waals surface area contributed by atoms with Crippen molar-refractivity contribution >= 4 is 17.7 Å². The highest BCUT2D eigenvalue weighted by atomic mass is 16.4. The van der Waals surface area contributed by atoms with E-state index in [4.69, 9.17) is 5.11 Å². The lowest BCUT2D eigenvalue weighted by Gasteiger charge is -2.08. The van der Waals surface area contributed by atoms with Crippen LogP contribution in [0.25, 0.3) is 0 Å². The van der Waals surface area contributed by atoms with Crippen LogP contribution in [0.2, 0.25) is 0 Å². The number of carboxylic acid groups (broad SMARTS) is 1. The van der Waals surface area contributed by atoms with Gasteiger partial charge in [-0.3, -0.25) is 0 Å². The summed E-state index contributed by atoms with van der Waals surface area (Å²) < 4.78 is 0. The number of carbonyl (C=O) groups excluding carboxylic acids is 1. The van der Waals surface area contributed by atoms with E-state index in [2.05, 4.69) is 34.4 Å². The second-order valence-electron chi connectivity index (χ2n) is 5.80. The van der Waals surface area contributed by atoms with E-state index in [1.807, 2.05) is 0 Å². The highest BCUT2D eigenvalue weighted by molar-refractivity contribution is 5.89. The molecule has 3 N–H and O–H groups in total. The van der Waals surface area contributed by atoms with Crippen molar-refractivity contribution in [3.8, 4) is 0 Å². The van der Waals surface area contributed by atoms with Gasteiger partial charge in [0.2, 0.25) is 0 Å². The number of benzene rings is 1. The highest BCUT2D eigenvalue weighted by Crippen LogP contribution is 2.07. The number of carboxylic acids is 1. The normalized spacial score (nSPS) is 10.5. The van der Waals surface area contributed by atoms with E-state index < -0.39 is 5.97 Å². The van der Waals surface area contributed by atoms with Gasteiger partial charge in [0.15, 0.2) is 0 Å². The number of aromatic nitrogens is 2. The van der Waals surface area contributed by atoms with Crippen LogP contribution in [-0.4, -0.2) is 27.1 Å². The van der Waals surface area contributed by atoms with Crippen molar-refractivity contribution in [2.45, 2.75) is 26.8 Å². The van der Waals surface area contributed by atoms with Crippen LogP contribution in [0.15, 0.2) is 36.7 Å². The Morgan fingerprint density at radius 1 is 1.12 bits per heavy atom. The first kappa shape index (κ1) is 17.4.